The van der Waals surface area contributed by atoms with Gasteiger partial charge >= 0.3 is 12.4 Å². The smallest absolute Gasteiger partial charge is 0.406 e. The lowest BCUT2D eigenvalue weighted by Gasteiger charge is -2.12. The lowest BCUT2D eigenvalue weighted by atomic mass is 10.3. The van der Waals surface area contributed by atoms with Crippen molar-refractivity contribution in [3.05, 3.63) is 52.0 Å². The maximum atomic E-state index is 12.2. The van der Waals surface area contributed by atoms with E-state index in [2.05, 4.69) is 31.3 Å². The Hall–Kier alpha value is -1.93. The second-order valence-corrected chi connectivity index (χ2v) is 5.66. The number of rotatable bonds is 3. The van der Waals surface area contributed by atoms with Gasteiger partial charge in [-0.15, -0.1) is 13.2 Å². The van der Waals surface area contributed by atoms with Crippen LogP contribution < -0.4 is 15.4 Å². The fourth-order valence-electron chi connectivity index (χ4n) is 1.69. The Morgan fingerprint density at radius 1 is 1.09 bits per heavy atom. The zero-order valence-corrected chi connectivity index (χ0v) is 13.6. The van der Waals surface area contributed by atoms with Crippen LogP contribution >= 0.6 is 27.5 Å². The number of ether oxygens (including phenoxy) is 1. The van der Waals surface area contributed by atoms with Crippen LogP contribution in [0.1, 0.15) is 0 Å². The van der Waals surface area contributed by atoms with Crippen LogP contribution in [-0.4, -0.2) is 12.4 Å². The molecule has 2 aromatic carbocycles. The molecular formula is C14H9BrClF3N2O2. The Morgan fingerprint density at radius 3 is 2.43 bits per heavy atom. The van der Waals surface area contributed by atoms with Gasteiger partial charge < -0.3 is 15.4 Å². The number of carbonyl (C=O) groups is 1. The van der Waals surface area contributed by atoms with Gasteiger partial charge in [-0.3, -0.25) is 0 Å². The van der Waals surface area contributed by atoms with Gasteiger partial charge in [-0.2, -0.15) is 0 Å². The average Bonchev–Trinajstić information content (AvgIpc) is 2.35. The summed E-state index contributed by atoms with van der Waals surface area (Å²) in [5.41, 5.74) is 0.565. The van der Waals surface area contributed by atoms with Gasteiger partial charge in [0.05, 0.1) is 0 Å². The van der Waals surface area contributed by atoms with Crippen molar-refractivity contribution in [1.29, 1.82) is 0 Å². The molecule has 2 aromatic rings. The summed E-state index contributed by atoms with van der Waals surface area (Å²) >= 11 is 8.84. The molecule has 0 spiro atoms. The molecular weight excluding hydrogens is 401 g/mol. The predicted octanol–water partition coefficient (Wildman–Crippen LogP) is 5.65. The average molecular weight is 410 g/mol. The molecule has 0 saturated carbocycles. The molecule has 0 fully saturated rings. The van der Waals surface area contributed by atoms with Crippen molar-refractivity contribution in [2.75, 3.05) is 10.6 Å². The van der Waals surface area contributed by atoms with E-state index >= 15 is 0 Å². The summed E-state index contributed by atoms with van der Waals surface area (Å²) in [4.78, 5) is 11.9. The standard InChI is InChI=1S/C14H9BrClF3N2O2/c15-8-4-11(7-12(5-8)23-14(17,18)19)21-13(22)20-10-3-1-2-9(16)6-10/h1-7H,(H2,20,21,22). The molecule has 0 aliphatic heterocycles. The summed E-state index contributed by atoms with van der Waals surface area (Å²) in [7, 11) is 0. The minimum atomic E-state index is -4.82. The molecule has 0 saturated heterocycles. The van der Waals surface area contributed by atoms with Crippen molar-refractivity contribution in [3.8, 4) is 5.75 Å². The predicted molar refractivity (Wildman–Crippen MR) is 84.9 cm³/mol. The van der Waals surface area contributed by atoms with Crippen molar-refractivity contribution >= 4 is 44.9 Å². The van der Waals surface area contributed by atoms with Gasteiger partial charge in [0.25, 0.3) is 0 Å². The molecule has 122 valence electrons. The van der Waals surface area contributed by atoms with Gasteiger partial charge in [-0.1, -0.05) is 33.6 Å². The van der Waals surface area contributed by atoms with Crippen molar-refractivity contribution in [2.24, 2.45) is 0 Å². The second kappa shape index (κ2) is 7.10. The number of urea groups is 1. The molecule has 0 aliphatic carbocycles. The zero-order chi connectivity index (χ0) is 17.0. The van der Waals surface area contributed by atoms with E-state index < -0.39 is 18.1 Å². The molecule has 0 aromatic heterocycles. The Kier molecular flexibility index (Phi) is 5.38. The van der Waals surface area contributed by atoms with E-state index in [-0.39, 0.29) is 5.69 Å². The largest absolute Gasteiger partial charge is 0.573 e. The molecule has 4 nitrogen and oxygen atoms in total. The molecule has 0 heterocycles. The van der Waals surface area contributed by atoms with Gasteiger partial charge in [-0.25, -0.2) is 4.79 Å². The number of alkyl halides is 3. The van der Waals surface area contributed by atoms with Gasteiger partial charge in [0.2, 0.25) is 0 Å². The Balaban J connectivity index is 2.08. The first kappa shape index (κ1) is 17.4. The maximum Gasteiger partial charge on any atom is 0.573 e. The van der Waals surface area contributed by atoms with E-state index in [1.807, 2.05) is 0 Å². The SMILES string of the molecule is O=C(Nc1cccc(Cl)c1)Nc1cc(Br)cc(OC(F)(F)F)c1. The van der Waals surface area contributed by atoms with Gasteiger partial charge in [-0.05, 0) is 30.3 Å². The van der Waals surface area contributed by atoms with Crippen molar-refractivity contribution in [3.63, 3.8) is 0 Å². The highest BCUT2D eigenvalue weighted by molar-refractivity contribution is 9.10. The van der Waals surface area contributed by atoms with E-state index in [9.17, 15) is 18.0 Å². The quantitative estimate of drug-likeness (QED) is 0.689. The van der Waals surface area contributed by atoms with Gasteiger partial charge in [0, 0.05) is 26.9 Å². The normalized spacial score (nSPS) is 11.0. The molecule has 9 heteroatoms. The number of amides is 2. The minimum absolute atomic E-state index is 0.123. The maximum absolute atomic E-state index is 12.2. The number of benzene rings is 2. The summed E-state index contributed by atoms with van der Waals surface area (Å²) in [6.07, 6.45) is -4.82. The molecule has 2 amide bonds. The van der Waals surface area contributed by atoms with Crippen LogP contribution in [0.4, 0.5) is 29.3 Å². The lowest BCUT2D eigenvalue weighted by Crippen LogP contribution is -2.20. The molecule has 2 N–H and O–H groups in total. The third kappa shape index (κ3) is 5.99. The number of halogens is 5. The van der Waals surface area contributed by atoms with Crippen LogP contribution in [-0.2, 0) is 0 Å². The summed E-state index contributed by atoms with van der Waals surface area (Å²) in [5, 5.41) is 5.35. The van der Waals surface area contributed by atoms with E-state index in [1.165, 1.54) is 12.1 Å². The lowest BCUT2D eigenvalue weighted by molar-refractivity contribution is -0.274. The van der Waals surface area contributed by atoms with Crippen LogP contribution in [0, 0.1) is 0 Å². The van der Waals surface area contributed by atoms with E-state index in [4.69, 9.17) is 11.6 Å². The van der Waals surface area contributed by atoms with Gasteiger partial charge in [0.15, 0.2) is 0 Å². The second-order valence-electron chi connectivity index (χ2n) is 4.31. The summed E-state index contributed by atoms with van der Waals surface area (Å²) < 4.78 is 40.9. The summed E-state index contributed by atoms with van der Waals surface area (Å²) in [5.74, 6) is -0.454. The summed E-state index contributed by atoms with van der Waals surface area (Å²) in [6.45, 7) is 0. The van der Waals surface area contributed by atoms with Crippen LogP contribution in [0.2, 0.25) is 5.02 Å². The van der Waals surface area contributed by atoms with Crippen molar-refractivity contribution in [2.45, 2.75) is 6.36 Å². The first-order valence-corrected chi connectivity index (χ1v) is 7.28. The van der Waals surface area contributed by atoms with E-state index in [1.54, 1.807) is 18.2 Å². The molecule has 0 unspecified atom stereocenters. The topological polar surface area (TPSA) is 50.4 Å². The highest BCUT2D eigenvalue weighted by Crippen LogP contribution is 2.29. The Morgan fingerprint density at radius 2 is 1.78 bits per heavy atom. The molecule has 2 rings (SSSR count). The Bertz CT molecular complexity index is 725. The monoisotopic (exact) mass is 408 g/mol. The third-order valence-electron chi connectivity index (χ3n) is 2.45. The third-order valence-corrected chi connectivity index (χ3v) is 3.14. The molecule has 0 atom stereocenters. The van der Waals surface area contributed by atoms with Crippen LogP contribution in [0.15, 0.2) is 46.9 Å². The molecule has 0 aliphatic rings. The minimum Gasteiger partial charge on any atom is -0.406 e. The molecule has 0 bridgehead atoms. The van der Waals surface area contributed by atoms with Crippen LogP contribution in [0.25, 0.3) is 0 Å². The highest BCUT2D eigenvalue weighted by Gasteiger charge is 2.31. The number of hydrogen-bond donors (Lipinski definition) is 2. The summed E-state index contributed by atoms with van der Waals surface area (Å²) in [6, 6.07) is 9.41. The van der Waals surface area contributed by atoms with E-state index in [0.717, 1.165) is 12.1 Å². The number of hydrogen-bond acceptors (Lipinski definition) is 2. The number of anilines is 2. The fraction of sp³-hybridized carbons (Fsp3) is 0.0714. The number of nitrogens with one attached hydrogen (secondary N) is 2. The van der Waals surface area contributed by atoms with Crippen molar-refractivity contribution in [1.82, 2.24) is 0 Å². The Labute approximate surface area is 142 Å². The molecule has 0 radical (unpaired) electrons. The van der Waals surface area contributed by atoms with Crippen LogP contribution in [0.3, 0.4) is 0 Å². The number of carbonyl (C=O) groups excluding carboxylic acids is 1. The van der Waals surface area contributed by atoms with Gasteiger partial charge in [0.1, 0.15) is 5.75 Å². The first-order chi connectivity index (χ1) is 10.7. The van der Waals surface area contributed by atoms with E-state index in [0.29, 0.717) is 15.2 Å². The molecule has 23 heavy (non-hydrogen) atoms. The zero-order valence-electron chi connectivity index (χ0n) is 11.2. The van der Waals surface area contributed by atoms with Crippen LogP contribution in [0.5, 0.6) is 5.75 Å². The highest BCUT2D eigenvalue weighted by atomic mass is 79.9. The first-order valence-electron chi connectivity index (χ1n) is 6.11. The fourth-order valence-corrected chi connectivity index (χ4v) is 2.35. The van der Waals surface area contributed by atoms with Crippen molar-refractivity contribution < 1.29 is 22.7 Å².